The Labute approximate surface area is 260 Å². The Morgan fingerprint density at radius 2 is 1.83 bits per heavy atom. The number of phenols is 1. The first-order valence-corrected chi connectivity index (χ1v) is 14.3. The number of nitrogens with zero attached hydrogens (tertiary/aromatic N) is 3. The molecule has 1 amide bonds. The van der Waals surface area contributed by atoms with Gasteiger partial charge in [-0.2, -0.15) is 5.10 Å². The molecule has 1 aromatic heterocycles. The Balaban J connectivity index is 1.38. The Morgan fingerprint density at radius 3 is 2.60 bits per heavy atom. The van der Waals surface area contributed by atoms with Crippen LogP contribution in [0.1, 0.15) is 22.5 Å². The largest absolute Gasteiger partial charge is 0.507 e. The predicted octanol–water partition coefficient (Wildman–Crippen LogP) is 8.04. The number of benzene rings is 3. The van der Waals surface area contributed by atoms with Crippen molar-refractivity contribution in [3.8, 4) is 17.2 Å². The third kappa shape index (κ3) is 7.11. The summed E-state index contributed by atoms with van der Waals surface area (Å²) in [5.41, 5.74) is 1.88. The number of ether oxygens (including phenoxy) is 2. The average molecular weight is 643 g/mol. The zero-order chi connectivity index (χ0) is 29.6. The van der Waals surface area contributed by atoms with E-state index in [9.17, 15) is 9.90 Å². The minimum atomic E-state index is -0.271. The summed E-state index contributed by atoms with van der Waals surface area (Å²) in [7, 11) is 1.54. The molecule has 8 nitrogen and oxygen atoms in total. The van der Waals surface area contributed by atoms with Crippen LogP contribution in [0.15, 0.2) is 92.5 Å². The summed E-state index contributed by atoms with van der Waals surface area (Å²) >= 11 is 19.4. The van der Waals surface area contributed by atoms with Crippen LogP contribution < -0.4 is 9.47 Å². The number of furan rings is 1. The van der Waals surface area contributed by atoms with Gasteiger partial charge in [0, 0.05) is 26.2 Å². The van der Waals surface area contributed by atoms with E-state index in [4.69, 9.17) is 48.7 Å². The molecule has 0 radical (unpaired) electrons. The first-order chi connectivity index (χ1) is 20.3. The van der Waals surface area contributed by atoms with E-state index in [0.717, 1.165) is 17.3 Å². The summed E-state index contributed by atoms with van der Waals surface area (Å²) in [5, 5.41) is 20.2. The first kappa shape index (κ1) is 29.6. The van der Waals surface area contributed by atoms with E-state index in [1.165, 1.54) is 30.6 Å². The molecule has 3 aromatic carbocycles. The molecule has 4 aromatic rings. The van der Waals surface area contributed by atoms with Crippen LogP contribution in [0.2, 0.25) is 15.1 Å². The van der Waals surface area contributed by atoms with Crippen LogP contribution in [0.3, 0.4) is 0 Å². The molecule has 1 aliphatic heterocycles. The molecule has 214 valence electrons. The predicted molar refractivity (Wildman–Crippen MR) is 167 cm³/mol. The van der Waals surface area contributed by atoms with Crippen LogP contribution in [0.5, 0.6) is 17.2 Å². The summed E-state index contributed by atoms with van der Waals surface area (Å²) in [6.07, 6.45) is 4.64. The summed E-state index contributed by atoms with van der Waals surface area (Å²) in [5.74, 6) is 1.31. The van der Waals surface area contributed by atoms with Crippen LogP contribution in [0.4, 0.5) is 0 Å². The highest BCUT2D eigenvalue weighted by atomic mass is 35.5. The van der Waals surface area contributed by atoms with Crippen LogP contribution >= 0.6 is 46.6 Å². The summed E-state index contributed by atoms with van der Waals surface area (Å²) in [6.45, 7) is 0.381. The lowest BCUT2D eigenvalue weighted by Crippen LogP contribution is -2.28. The fourth-order valence-corrected chi connectivity index (χ4v) is 5.47. The molecule has 0 unspecified atom stereocenters. The van der Waals surface area contributed by atoms with E-state index in [-0.39, 0.29) is 24.8 Å². The standard InChI is InChI=1S/C30H22Cl3N3O5S/c1-39-27-11-18(4-9-26(27)41-17-19-5-6-22(32)14-24(19)33)12-28-29(38)36(16-23-3-2-10-40-23)30(42-28)35-34-15-20-13-21(31)7-8-25(20)37/h2-15,37H,16-17H2,1H3/b28-12-,34-15+,35-30-. The number of halogens is 3. The number of carbonyl (C=O) groups excluding carboxylic acids is 1. The van der Waals surface area contributed by atoms with Crippen molar-refractivity contribution in [2.75, 3.05) is 7.11 Å². The second-order valence-electron chi connectivity index (χ2n) is 8.85. The van der Waals surface area contributed by atoms with Crippen molar-refractivity contribution in [3.63, 3.8) is 0 Å². The number of amidine groups is 1. The summed E-state index contributed by atoms with van der Waals surface area (Å²) in [4.78, 5) is 15.3. The van der Waals surface area contributed by atoms with Crippen molar-refractivity contribution >= 4 is 69.9 Å². The van der Waals surface area contributed by atoms with Gasteiger partial charge < -0.3 is 19.0 Å². The highest BCUT2D eigenvalue weighted by Gasteiger charge is 2.34. The molecular formula is C30H22Cl3N3O5S. The number of methoxy groups -OCH3 is 1. The molecule has 0 atom stereocenters. The normalized spacial score (nSPS) is 15.3. The quantitative estimate of drug-likeness (QED) is 0.113. The van der Waals surface area contributed by atoms with Gasteiger partial charge in [0.2, 0.25) is 0 Å². The Bertz CT molecular complexity index is 1710. The lowest BCUT2D eigenvalue weighted by molar-refractivity contribution is -0.122. The summed E-state index contributed by atoms with van der Waals surface area (Å²) < 4.78 is 16.9. The maximum atomic E-state index is 13.4. The number of rotatable bonds is 9. The van der Waals surface area contributed by atoms with E-state index in [0.29, 0.717) is 53.5 Å². The molecule has 2 heterocycles. The summed E-state index contributed by atoms with van der Waals surface area (Å²) in [6, 6.07) is 18.6. The van der Waals surface area contributed by atoms with Crippen LogP contribution in [-0.2, 0) is 17.9 Å². The number of aromatic hydroxyl groups is 1. The molecule has 0 saturated carbocycles. The van der Waals surface area contributed by atoms with Gasteiger partial charge in [-0.15, -0.1) is 5.10 Å². The van der Waals surface area contributed by atoms with Gasteiger partial charge in [-0.25, -0.2) is 0 Å². The minimum absolute atomic E-state index is 0.00386. The first-order valence-electron chi connectivity index (χ1n) is 12.4. The van der Waals surface area contributed by atoms with Crippen molar-refractivity contribution in [2.24, 2.45) is 10.2 Å². The Kier molecular flexibility index (Phi) is 9.44. The highest BCUT2D eigenvalue weighted by molar-refractivity contribution is 8.18. The molecule has 42 heavy (non-hydrogen) atoms. The van der Waals surface area contributed by atoms with Gasteiger partial charge in [0.25, 0.3) is 5.91 Å². The van der Waals surface area contributed by atoms with Crippen molar-refractivity contribution in [2.45, 2.75) is 13.2 Å². The third-order valence-electron chi connectivity index (χ3n) is 6.00. The van der Waals surface area contributed by atoms with Gasteiger partial charge in [0.1, 0.15) is 18.1 Å². The van der Waals surface area contributed by atoms with Gasteiger partial charge in [0.05, 0.1) is 31.0 Å². The van der Waals surface area contributed by atoms with E-state index in [1.807, 2.05) is 6.07 Å². The smallest absolute Gasteiger partial charge is 0.267 e. The maximum Gasteiger partial charge on any atom is 0.267 e. The molecule has 5 rings (SSSR count). The maximum absolute atomic E-state index is 13.4. The van der Waals surface area contributed by atoms with Crippen LogP contribution in [0, 0.1) is 0 Å². The molecule has 12 heteroatoms. The Morgan fingerprint density at radius 1 is 1.02 bits per heavy atom. The zero-order valence-electron chi connectivity index (χ0n) is 22.0. The average Bonchev–Trinajstić information content (AvgIpc) is 3.59. The number of hydrogen-bond acceptors (Lipinski definition) is 8. The highest BCUT2D eigenvalue weighted by Crippen LogP contribution is 2.36. The van der Waals surface area contributed by atoms with Gasteiger partial charge >= 0.3 is 0 Å². The van der Waals surface area contributed by atoms with E-state index in [1.54, 1.807) is 60.7 Å². The van der Waals surface area contributed by atoms with Crippen molar-refractivity contribution in [3.05, 3.63) is 115 Å². The lowest BCUT2D eigenvalue weighted by atomic mass is 10.1. The molecule has 0 bridgehead atoms. The van der Waals surface area contributed by atoms with Crippen LogP contribution in [0.25, 0.3) is 6.08 Å². The van der Waals surface area contributed by atoms with Gasteiger partial charge in [-0.05, 0) is 78.0 Å². The minimum Gasteiger partial charge on any atom is -0.507 e. The Hall–Kier alpha value is -3.89. The fraction of sp³-hybridized carbons (Fsp3) is 0.100. The van der Waals surface area contributed by atoms with E-state index >= 15 is 0 Å². The van der Waals surface area contributed by atoms with Crippen LogP contribution in [-0.4, -0.2) is 34.4 Å². The SMILES string of the molecule is COc1cc(/C=C2\S/C(=N\N=C\c3cc(Cl)ccc3O)N(Cc3ccco3)C2=O)ccc1OCc1ccc(Cl)cc1Cl. The number of thioether (sulfide) groups is 1. The third-order valence-corrected chi connectivity index (χ3v) is 7.81. The lowest BCUT2D eigenvalue weighted by Gasteiger charge is -2.13. The second-order valence-corrected chi connectivity index (χ2v) is 11.1. The second kappa shape index (κ2) is 13.4. The number of amides is 1. The molecule has 0 spiro atoms. The van der Waals surface area contributed by atoms with Gasteiger partial charge in [-0.1, -0.05) is 46.9 Å². The monoisotopic (exact) mass is 641 g/mol. The molecule has 0 aliphatic carbocycles. The molecule has 1 N–H and O–H groups in total. The topological polar surface area (TPSA) is 96.9 Å². The number of hydrogen-bond donors (Lipinski definition) is 1. The van der Waals surface area contributed by atoms with Crippen molar-refractivity contribution in [1.82, 2.24) is 4.90 Å². The number of carbonyl (C=O) groups is 1. The fourth-order valence-electron chi connectivity index (χ4n) is 3.89. The van der Waals surface area contributed by atoms with Crippen molar-refractivity contribution < 1.29 is 23.8 Å². The van der Waals surface area contributed by atoms with E-state index < -0.39 is 0 Å². The van der Waals surface area contributed by atoms with Gasteiger partial charge in [-0.3, -0.25) is 9.69 Å². The number of phenolic OH excluding ortho intramolecular Hbond substituents is 1. The molecular weight excluding hydrogens is 621 g/mol. The van der Waals surface area contributed by atoms with Crippen molar-refractivity contribution in [1.29, 1.82) is 0 Å². The zero-order valence-corrected chi connectivity index (χ0v) is 25.0. The van der Waals surface area contributed by atoms with E-state index in [2.05, 4.69) is 10.2 Å². The van der Waals surface area contributed by atoms with Gasteiger partial charge in [0.15, 0.2) is 16.7 Å². The molecule has 1 fully saturated rings. The molecule has 1 saturated heterocycles. The molecule has 1 aliphatic rings.